The van der Waals surface area contributed by atoms with E-state index in [0.717, 1.165) is 18.4 Å². The van der Waals surface area contributed by atoms with E-state index >= 15 is 0 Å². The van der Waals surface area contributed by atoms with Crippen molar-refractivity contribution in [2.24, 2.45) is 0 Å². The molecule has 2 atom stereocenters. The van der Waals surface area contributed by atoms with E-state index in [1.807, 2.05) is 30.3 Å². The van der Waals surface area contributed by atoms with Gasteiger partial charge in [0.25, 0.3) is 0 Å². The summed E-state index contributed by atoms with van der Waals surface area (Å²) in [6.45, 7) is 0.556. The van der Waals surface area contributed by atoms with Crippen molar-refractivity contribution in [3.05, 3.63) is 35.9 Å². The number of hydrogen-bond acceptors (Lipinski definition) is 2. The van der Waals surface area contributed by atoms with Crippen molar-refractivity contribution in [2.45, 2.75) is 24.9 Å². The van der Waals surface area contributed by atoms with Crippen molar-refractivity contribution in [3.8, 4) is 0 Å². The lowest BCUT2D eigenvalue weighted by Crippen LogP contribution is -2.34. The fourth-order valence-corrected chi connectivity index (χ4v) is 2.07. The summed E-state index contributed by atoms with van der Waals surface area (Å²) in [6.07, 6.45) is 1.14. The first-order chi connectivity index (χ1) is 7.29. The zero-order valence-electron chi connectivity index (χ0n) is 8.43. The SMILES string of the molecule is O=C(O)C1OCCCC1c1ccccc1. The molecule has 3 nitrogen and oxygen atoms in total. The minimum absolute atomic E-state index is 0.00236. The smallest absolute Gasteiger partial charge is 0.333 e. The van der Waals surface area contributed by atoms with Crippen LogP contribution in [0.2, 0.25) is 0 Å². The van der Waals surface area contributed by atoms with Gasteiger partial charge in [0, 0.05) is 12.5 Å². The fourth-order valence-electron chi connectivity index (χ4n) is 2.07. The Hall–Kier alpha value is -1.35. The van der Waals surface area contributed by atoms with E-state index in [4.69, 9.17) is 9.84 Å². The van der Waals surface area contributed by atoms with E-state index in [0.29, 0.717) is 6.61 Å². The van der Waals surface area contributed by atoms with E-state index < -0.39 is 12.1 Å². The summed E-state index contributed by atoms with van der Waals surface area (Å²) in [7, 11) is 0. The van der Waals surface area contributed by atoms with Crippen LogP contribution in [0.1, 0.15) is 24.3 Å². The molecule has 1 aliphatic rings. The first kappa shape index (κ1) is 10.2. The third-order valence-electron chi connectivity index (χ3n) is 2.79. The second-order valence-corrected chi connectivity index (χ2v) is 3.79. The Morgan fingerprint density at radius 2 is 2.07 bits per heavy atom. The van der Waals surface area contributed by atoms with Crippen molar-refractivity contribution in [3.63, 3.8) is 0 Å². The molecule has 2 unspecified atom stereocenters. The number of benzene rings is 1. The highest BCUT2D eigenvalue weighted by Crippen LogP contribution is 2.30. The Bertz CT molecular complexity index is 334. The van der Waals surface area contributed by atoms with Crippen LogP contribution in [0.4, 0.5) is 0 Å². The van der Waals surface area contributed by atoms with Crippen molar-refractivity contribution < 1.29 is 14.6 Å². The predicted molar refractivity (Wildman–Crippen MR) is 55.8 cm³/mol. The highest BCUT2D eigenvalue weighted by Gasteiger charge is 2.32. The zero-order chi connectivity index (χ0) is 10.7. The molecule has 0 spiro atoms. The van der Waals surface area contributed by atoms with Crippen molar-refractivity contribution in [2.75, 3.05) is 6.61 Å². The summed E-state index contributed by atoms with van der Waals surface area (Å²) in [6, 6.07) is 9.74. The molecule has 0 aliphatic carbocycles. The number of ether oxygens (including phenoxy) is 1. The van der Waals surface area contributed by atoms with E-state index in [2.05, 4.69) is 0 Å². The first-order valence-corrected chi connectivity index (χ1v) is 5.18. The molecule has 0 radical (unpaired) electrons. The number of carboxylic acid groups (broad SMARTS) is 1. The minimum atomic E-state index is -0.858. The Morgan fingerprint density at radius 3 is 2.73 bits per heavy atom. The van der Waals surface area contributed by atoms with Gasteiger partial charge in [0.1, 0.15) is 0 Å². The van der Waals surface area contributed by atoms with Gasteiger partial charge in [-0.1, -0.05) is 30.3 Å². The van der Waals surface area contributed by atoms with Crippen LogP contribution in [0, 0.1) is 0 Å². The van der Waals surface area contributed by atoms with E-state index in [-0.39, 0.29) is 5.92 Å². The molecule has 1 heterocycles. The van der Waals surface area contributed by atoms with Gasteiger partial charge < -0.3 is 9.84 Å². The van der Waals surface area contributed by atoms with Crippen molar-refractivity contribution >= 4 is 5.97 Å². The van der Waals surface area contributed by atoms with E-state index in [9.17, 15) is 4.79 Å². The Labute approximate surface area is 88.7 Å². The molecule has 3 heteroatoms. The van der Waals surface area contributed by atoms with Gasteiger partial charge in [-0.3, -0.25) is 0 Å². The molecule has 1 fully saturated rings. The maximum atomic E-state index is 11.0. The zero-order valence-corrected chi connectivity index (χ0v) is 8.43. The maximum absolute atomic E-state index is 11.0. The molecular weight excluding hydrogens is 192 g/mol. The molecule has 0 amide bonds. The van der Waals surface area contributed by atoms with Gasteiger partial charge in [0.05, 0.1) is 0 Å². The average molecular weight is 206 g/mol. The summed E-state index contributed by atoms with van der Waals surface area (Å²) < 4.78 is 5.31. The van der Waals surface area contributed by atoms with E-state index in [1.54, 1.807) is 0 Å². The number of hydrogen-bond donors (Lipinski definition) is 1. The molecule has 1 aliphatic heterocycles. The summed E-state index contributed by atoms with van der Waals surface area (Å²) in [4.78, 5) is 11.0. The Morgan fingerprint density at radius 1 is 1.33 bits per heavy atom. The highest BCUT2D eigenvalue weighted by molar-refractivity contribution is 5.74. The standard InChI is InChI=1S/C12H14O3/c13-12(14)11-10(7-4-8-15-11)9-5-2-1-3-6-9/h1-3,5-6,10-11H,4,7-8H2,(H,13,14). The Balaban J connectivity index is 2.22. The summed E-state index contributed by atoms with van der Waals surface area (Å²) in [5.41, 5.74) is 1.06. The van der Waals surface area contributed by atoms with Gasteiger partial charge in [-0.05, 0) is 18.4 Å². The van der Waals surface area contributed by atoms with Gasteiger partial charge in [-0.25, -0.2) is 4.79 Å². The lowest BCUT2D eigenvalue weighted by molar-refractivity contribution is -0.154. The number of rotatable bonds is 2. The van der Waals surface area contributed by atoms with Crippen LogP contribution in [0.5, 0.6) is 0 Å². The van der Waals surface area contributed by atoms with Crippen LogP contribution in [0.15, 0.2) is 30.3 Å². The molecule has 0 saturated carbocycles. The summed E-state index contributed by atoms with van der Waals surface area (Å²) in [5, 5.41) is 9.04. The minimum Gasteiger partial charge on any atom is -0.479 e. The van der Waals surface area contributed by atoms with Gasteiger partial charge in [0.15, 0.2) is 6.10 Å². The van der Waals surface area contributed by atoms with Crippen molar-refractivity contribution in [1.82, 2.24) is 0 Å². The molecule has 0 aromatic heterocycles. The molecule has 1 N–H and O–H groups in total. The molecular formula is C12H14O3. The summed E-state index contributed by atoms with van der Waals surface area (Å²) in [5.74, 6) is -0.860. The number of carbonyl (C=O) groups is 1. The topological polar surface area (TPSA) is 46.5 Å². The number of aliphatic carboxylic acids is 1. The summed E-state index contributed by atoms with van der Waals surface area (Å²) >= 11 is 0. The van der Waals surface area contributed by atoms with Crippen LogP contribution in [0.3, 0.4) is 0 Å². The van der Waals surface area contributed by atoms with Gasteiger partial charge in [0.2, 0.25) is 0 Å². The van der Waals surface area contributed by atoms with Crippen LogP contribution in [-0.2, 0) is 9.53 Å². The normalized spacial score (nSPS) is 26.1. The fraction of sp³-hybridized carbons (Fsp3) is 0.417. The monoisotopic (exact) mass is 206 g/mol. The molecule has 2 rings (SSSR count). The largest absolute Gasteiger partial charge is 0.479 e. The molecule has 0 bridgehead atoms. The third kappa shape index (κ3) is 2.18. The van der Waals surface area contributed by atoms with Crippen LogP contribution >= 0.6 is 0 Å². The lowest BCUT2D eigenvalue weighted by Gasteiger charge is -2.29. The molecule has 80 valence electrons. The second-order valence-electron chi connectivity index (χ2n) is 3.79. The molecule has 1 aromatic rings. The maximum Gasteiger partial charge on any atom is 0.333 e. The lowest BCUT2D eigenvalue weighted by atomic mass is 9.87. The van der Waals surface area contributed by atoms with Crippen LogP contribution in [0.25, 0.3) is 0 Å². The third-order valence-corrected chi connectivity index (χ3v) is 2.79. The quantitative estimate of drug-likeness (QED) is 0.805. The van der Waals surface area contributed by atoms with Crippen molar-refractivity contribution in [1.29, 1.82) is 0 Å². The second kappa shape index (κ2) is 4.45. The predicted octanol–water partition coefficient (Wildman–Crippen LogP) is 2.03. The highest BCUT2D eigenvalue weighted by atomic mass is 16.5. The van der Waals surface area contributed by atoms with Gasteiger partial charge in [-0.2, -0.15) is 0 Å². The number of carboxylic acids is 1. The van der Waals surface area contributed by atoms with Crippen LogP contribution in [-0.4, -0.2) is 23.8 Å². The molecule has 1 saturated heterocycles. The van der Waals surface area contributed by atoms with Gasteiger partial charge >= 0.3 is 5.97 Å². The first-order valence-electron chi connectivity index (χ1n) is 5.18. The van der Waals surface area contributed by atoms with Crippen LogP contribution < -0.4 is 0 Å². The molecule has 15 heavy (non-hydrogen) atoms. The van der Waals surface area contributed by atoms with Gasteiger partial charge in [-0.15, -0.1) is 0 Å². The molecule has 1 aromatic carbocycles. The Kier molecular flexibility index (Phi) is 3.02. The van der Waals surface area contributed by atoms with E-state index in [1.165, 1.54) is 0 Å². The average Bonchev–Trinajstić information content (AvgIpc) is 2.30.